The van der Waals surface area contributed by atoms with E-state index in [9.17, 15) is 0 Å². The SMILES string of the molecule is COCCCCCCN(CCCCO)CCCCCCO. The first-order chi connectivity index (χ1) is 10.3. The van der Waals surface area contributed by atoms with E-state index in [0.29, 0.717) is 13.2 Å². The van der Waals surface area contributed by atoms with Crippen LogP contribution in [-0.4, -0.2) is 61.7 Å². The third kappa shape index (κ3) is 16.0. The van der Waals surface area contributed by atoms with Crippen molar-refractivity contribution >= 4 is 0 Å². The first-order valence-corrected chi connectivity index (χ1v) is 8.78. The maximum Gasteiger partial charge on any atom is 0.0462 e. The molecule has 21 heavy (non-hydrogen) atoms. The summed E-state index contributed by atoms with van der Waals surface area (Å²) in [5.41, 5.74) is 0. The van der Waals surface area contributed by atoms with Gasteiger partial charge < -0.3 is 19.8 Å². The fourth-order valence-electron chi connectivity index (χ4n) is 2.52. The molecule has 0 aromatic rings. The number of methoxy groups -OCH3 is 1. The Morgan fingerprint density at radius 2 is 1.05 bits per heavy atom. The molecule has 0 aliphatic heterocycles. The van der Waals surface area contributed by atoms with E-state index in [1.807, 2.05) is 0 Å². The van der Waals surface area contributed by atoms with Crippen LogP contribution >= 0.6 is 0 Å². The number of hydrogen-bond acceptors (Lipinski definition) is 4. The zero-order valence-corrected chi connectivity index (χ0v) is 14.1. The number of rotatable bonds is 17. The number of aliphatic hydroxyl groups is 2. The van der Waals surface area contributed by atoms with Gasteiger partial charge in [-0.25, -0.2) is 0 Å². The van der Waals surface area contributed by atoms with Gasteiger partial charge in [0.05, 0.1) is 0 Å². The largest absolute Gasteiger partial charge is 0.396 e. The molecular formula is C17H37NO3. The smallest absolute Gasteiger partial charge is 0.0462 e. The summed E-state index contributed by atoms with van der Waals surface area (Å²) in [6.07, 6.45) is 11.5. The van der Waals surface area contributed by atoms with Crippen molar-refractivity contribution in [2.45, 2.75) is 64.2 Å². The van der Waals surface area contributed by atoms with Gasteiger partial charge in [-0.1, -0.05) is 25.7 Å². The molecule has 0 aliphatic rings. The minimum Gasteiger partial charge on any atom is -0.396 e. The zero-order chi connectivity index (χ0) is 15.6. The van der Waals surface area contributed by atoms with Crippen molar-refractivity contribution in [2.24, 2.45) is 0 Å². The molecule has 0 saturated heterocycles. The molecule has 0 spiro atoms. The fourth-order valence-corrected chi connectivity index (χ4v) is 2.52. The minimum absolute atomic E-state index is 0.307. The quantitative estimate of drug-likeness (QED) is 0.406. The molecule has 0 fully saturated rings. The highest BCUT2D eigenvalue weighted by atomic mass is 16.5. The highest BCUT2D eigenvalue weighted by molar-refractivity contribution is 4.59. The van der Waals surface area contributed by atoms with Gasteiger partial charge in [-0.15, -0.1) is 0 Å². The third-order valence-electron chi connectivity index (χ3n) is 3.84. The lowest BCUT2D eigenvalue weighted by atomic mass is 10.1. The van der Waals surface area contributed by atoms with Gasteiger partial charge in [-0.3, -0.25) is 0 Å². The molecule has 2 N–H and O–H groups in total. The van der Waals surface area contributed by atoms with Crippen LogP contribution in [0.15, 0.2) is 0 Å². The number of nitrogens with zero attached hydrogens (tertiary/aromatic N) is 1. The first kappa shape index (κ1) is 20.8. The van der Waals surface area contributed by atoms with Gasteiger partial charge in [0.15, 0.2) is 0 Å². The Bertz CT molecular complexity index is 191. The van der Waals surface area contributed by atoms with E-state index in [1.165, 1.54) is 45.1 Å². The highest BCUT2D eigenvalue weighted by Crippen LogP contribution is 2.07. The van der Waals surface area contributed by atoms with Crippen LogP contribution in [0.25, 0.3) is 0 Å². The summed E-state index contributed by atoms with van der Waals surface area (Å²) in [7, 11) is 1.76. The average Bonchev–Trinajstić information content (AvgIpc) is 2.50. The molecule has 4 heteroatoms. The van der Waals surface area contributed by atoms with Gasteiger partial charge in [-0.05, 0) is 58.2 Å². The second kappa shape index (κ2) is 17.9. The average molecular weight is 303 g/mol. The molecule has 0 bridgehead atoms. The Labute approximate surface area is 131 Å². The molecule has 0 rings (SSSR count). The number of ether oxygens (including phenoxy) is 1. The van der Waals surface area contributed by atoms with Crippen molar-refractivity contribution in [3.8, 4) is 0 Å². The maximum absolute atomic E-state index is 8.89. The zero-order valence-electron chi connectivity index (χ0n) is 14.1. The van der Waals surface area contributed by atoms with Crippen LogP contribution < -0.4 is 0 Å². The summed E-state index contributed by atoms with van der Waals surface area (Å²) < 4.78 is 5.07. The van der Waals surface area contributed by atoms with Gasteiger partial charge in [0, 0.05) is 26.9 Å². The topological polar surface area (TPSA) is 52.9 Å². The Morgan fingerprint density at radius 1 is 0.619 bits per heavy atom. The Hall–Kier alpha value is -0.160. The van der Waals surface area contributed by atoms with E-state index < -0.39 is 0 Å². The Kier molecular flexibility index (Phi) is 17.8. The monoisotopic (exact) mass is 303 g/mol. The Balaban J connectivity index is 3.64. The molecule has 0 aromatic carbocycles. The van der Waals surface area contributed by atoms with E-state index in [4.69, 9.17) is 14.9 Å². The summed E-state index contributed by atoms with van der Waals surface area (Å²) in [5.74, 6) is 0. The predicted octanol–water partition coefficient (Wildman–Crippen LogP) is 2.82. The van der Waals surface area contributed by atoms with Crippen LogP contribution in [0.2, 0.25) is 0 Å². The van der Waals surface area contributed by atoms with Crippen molar-refractivity contribution in [1.29, 1.82) is 0 Å². The van der Waals surface area contributed by atoms with Crippen LogP contribution in [0, 0.1) is 0 Å². The standard InChI is InChI=1S/C17H37NO3/c1-21-17-11-5-3-7-13-18(14-8-10-16-20)12-6-2-4-9-15-19/h19-20H,2-17H2,1H3. The van der Waals surface area contributed by atoms with Crippen LogP contribution in [-0.2, 0) is 4.74 Å². The van der Waals surface area contributed by atoms with Gasteiger partial charge >= 0.3 is 0 Å². The lowest BCUT2D eigenvalue weighted by molar-refractivity contribution is 0.190. The Morgan fingerprint density at radius 3 is 1.57 bits per heavy atom. The molecule has 0 heterocycles. The third-order valence-corrected chi connectivity index (χ3v) is 3.84. The van der Waals surface area contributed by atoms with Gasteiger partial charge in [0.2, 0.25) is 0 Å². The lowest BCUT2D eigenvalue weighted by Gasteiger charge is -2.22. The van der Waals surface area contributed by atoms with E-state index >= 15 is 0 Å². The highest BCUT2D eigenvalue weighted by Gasteiger charge is 2.04. The second-order valence-corrected chi connectivity index (χ2v) is 5.82. The van der Waals surface area contributed by atoms with Crippen LogP contribution in [0.5, 0.6) is 0 Å². The molecule has 0 aromatic heterocycles. The van der Waals surface area contributed by atoms with Crippen molar-refractivity contribution < 1.29 is 14.9 Å². The summed E-state index contributed by atoms with van der Waals surface area (Å²) in [4.78, 5) is 2.55. The molecule has 0 saturated carbocycles. The summed E-state index contributed by atoms with van der Waals surface area (Å²) in [6, 6.07) is 0. The van der Waals surface area contributed by atoms with E-state index in [2.05, 4.69) is 4.90 Å². The normalized spacial score (nSPS) is 11.4. The van der Waals surface area contributed by atoms with Gasteiger partial charge in [0.25, 0.3) is 0 Å². The number of hydrogen-bond donors (Lipinski definition) is 2. The molecular weight excluding hydrogens is 266 g/mol. The summed E-state index contributed by atoms with van der Waals surface area (Å²) in [5, 5.41) is 17.7. The second-order valence-electron chi connectivity index (χ2n) is 5.82. The summed E-state index contributed by atoms with van der Waals surface area (Å²) >= 11 is 0. The fraction of sp³-hybridized carbons (Fsp3) is 1.00. The molecule has 128 valence electrons. The number of unbranched alkanes of at least 4 members (excludes halogenated alkanes) is 7. The van der Waals surface area contributed by atoms with Gasteiger partial charge in [-0.2, -0.15) is 0 Å². The number of aliphatic hydroxyl groups excluding tert-OH is 2. The maximum atomic E-state index is 8.89. The van der Waals surface area contributed by atoms with Crippen molar-refractivity contribution in [1.82, 2.24) is 4.90 Å². The molecule has 0 atom stereocenters. The lowest BCUT2D eigenvalue weighted by Crippen LogP contribution is -2.27. The van der Waals surface area contributed by atoms with Gasteiger partial charge in [0.1, 0.15) is 0 Å². The minimum atomic E-state index is 0.307. The predicted molar refractivity (Wildman–Crippen MR) is 88.7 cm³/mol. The van der Waals surface area contributed by atoms with E-state index in [1.54, 1.807) is 7.11 Å². The summed E-state index contributed by atoms with van der Waals surface area (Å²) in [6.45, 7) is 4.96. The van der Waals surface area contributed by atoms with E-state index in [0.717, 1.165) is 45.4 Å². The molecule has 4 nitrogen and oxygen atoms in total. The molecule has 0 unspecified atom stereocenters. The van der Waals surface area contributed by atoms with Crippen LogP contribution in [0.3, 0.4) is 0 Å². The van der Waals surface area contributed by atoms with Crippen LogP contribution in [0.1, 0.15) is 64.2 Å². The first-order valence-electron chi connectivity index (χ1n) is 8.78. The van der Waals surface area contributed by atoms with E-state index in [-0.39, 0.29) is 0 Å². The van der Waals surface area contributed by atoms with Crippen molar-refractivity contribution in [3.05, 3.63) is 0 Å². The molecule has 0 aliphatic carbocycles. The van der Waals surface area contributed by atoms with Crippen LogP contribution in [0.4, 0.5) is 0 Å². The molecule has 0 radical (unpaired) electrons. The van der Waals surface area contributed by atoms with Crippen molar-refractivity contribution in [3.63, 3.8) is 0 Å². The van der Waals surface area contributed by atoms with Crippen molar-refractivity contribution in [2.75, 3.05) is 46.6 Å². The molecule has 0 amide bonds.